The van der Waals surface area contributed by atoms with Crippen LogP contribution in [0.3, 0.4) is 0 Å². The molecule has 3 N–H and O–H groups in total. The Morgan fingerprint density at radius 3 is 2.64 bits per heavy atom. The van der Waals surface area contributed by atoms with Gasteiger partial charge in [0.2, 0.25) is 0 Å². The minimum Gasteiger partial charge on any atom is -0.393 e. The van der Waals surface area contributed by atoms with E-state index >= 15 is 0 Å². The average Bonchev–Trinajstić information content (AvgIpc) is 2.54. The van der Waals surface area contributed by atoms with Gasteiger partial charge < -0.3 is 16.0 Å². The molecule has 0 bridgehead atoms. The van der Waals surface area contributed by atoms with Gasteiger partial charge in [-0.2, -0.15) is 0 Å². The number of hydrogen-bond donors (Lipinski definition) is 2. The van der Waals surface area contributed by atoms with Gasteiger partial charge in [-0.05, 0) is 50.3 Å². The maximum absolute atomic E-state index is 6.32. The van der Waals surface area contributed by atoms with E-state index in [9.17, 15) is 0 Å². The number of nitrogens with two attached hydrogens (primary N) is 1. The Kier molecular flexibility index (Phi) is 4.13. The summed E-state index contributed by atoms with van der Waals surface area (Å²) in [5.41, 5.74) is 10.4. The number of aromatic nitrogens is 2. The molecule has 0 unspecified atom stereocenters. The molecule has 1 saturated heterocycles. The van der Waals surface area contributed by atoms with E-state index in [0.29, 0.717) is 11.5 Å². The lowest BCUT2D eigenvalue weighted by Gasteiger charge is -2.29. The lowest BCUT2D eigenvalue weighted by Crippen LogP contribution is -2.31. The Labute approximate surface area is 131 Å². The van der Waals surface area contributed by atoms with E-state index in [2.05, 4.69) is 40.1 Å². The van der Waals surface area contributed by atoms with Crippen LogP contribution in [0.2, 0.25) is 0 Å². The van der Waals surface area contributed by atoms with Gasteiger partial charge in [-0.15, -0.1) is 0 Å². The second-order valence-corrected chi connectivity index (χ2v) is 5.88. The van der Waals surface area contributed by atoms with Gasteiger partial charge in [0.1, 0.15) is 12.0 Å². The van der Waals surface area contributed by atoms with E-state index in [0.717, 1.165) is 24.6 Å². The first-order valence-corrected chi connectivity index (χ1v) is 7.85. The van der Waals surface area contributed by atoms with Crippen LogP contribution in [0.5, 0.6) is 0 Å². The number of nitrogens with one attached hydrogen (secondary N) is 1. The molecule has 1 aliphatic rings. The van der Waals surface area contributed by atoms with Gasteiger partial charge in [0.05, 0.1) is 0 Å². The molecule has 0 spiro atoms. The normalized spacial score (nSPS) is 14.9. The highest BCUT2D eigenvalue weighted by molar-refractivity contribution is 5.79. The summed E-state index contributed by atoms with van der Waals surface area (Å²) in [6.45, 7) is 6.23. The van der Waals surface area contributed by atoms with Crippen molar-refractivity contribution in [2.45, 2.75) is 33.1 Å². The Hall–Kier alpha value is -2.30. The maximum Gasteiger partial charge on any atom is 0.159 e. The van der Waals surface area contributed by atoms with Crippen molar-refractivity contribution < 1.29 is 0 Å². The van der Waals surface area contributed by atoms with Crippen molar-refractivity contribution in [2.75, 3.05) is 29.0 Å². The fraction of sp³-hybridized carbons (Fsp3) is 0.412. The number of nitrogens with zero attached hydrogens (tertiary/aromatic N) is 3. The number of benzene rings is 1. The monoisotopic (exact) mass is 297 g/mol. The lowest BCUT2D eigenvalue weighted by atomic mass is 10.1. The SMILES string of the molecule is Cc1cccc(Nc2ncnc(N3CCCCC3)c2N)c1C. The van der Waals surface area contributed by atoms with Crippen molar-refractivity contribution in [2.24, 2.45) is 0 Å². The molecule has 0 atom stereocenters. The Bertz CT molecular complexity index is 662. The van der Waals surface area contributed by atoms with E-state index in [4.69, 9.17) is 5.73 Å². The molecule has 116 valence electrons. The molecule has 22 heavy (non-hydrogen) atoms. The van der Waals surface area contributed by atoms with Gasteiger partial charge in [0.25, 0.3) is 0 Å². The van der Waals surface area contributed by atoms with Crippen LogP contribution < -0.4 is 16.0 Å². The summed E-state index contributed by atoms with van der Waals surface area (Å²) < 4.78 is 0. The quantitative estimate of drug-likeness (QED) is 0.908. The molecule has 0 amide bonds. The van der Waals surface area contributed by atoms with E-state index in [1.807, 2.05) is 12.1 Å². The van der Waals surface area contributed by atoms with Gasteiger partial charge in [0.15, 0.2) is 11.6 Å². The van der Waals surface area contributed by atoms with Crippen LogP contribution in [-0.2, 0) is 0 Å². The van der Waals surface area contributed by atoms with Gasteiger partial charge in [0, 0.05) is 18.8 Å². The van der Waals surface area contributed by atoms with Crippen molar-refractivity contribution in [3.63, 3.8) is 0 Å². The molecule has 2 aromatic rings. The zero-order valence-electron chi connectivity index (χ0n) is 13.3. The molecule has 5 nitrogen and oxygen atoms in total. The van der Waals surface area contributed by atoms with Crippen LogP contribution in [0.15, 0.2) is 24.5 Å². The Morgan fingerprint density at radius 1 is 1.09 bits per heavy atom. The standard InChI is InChI=1S/C17H23N5/c1-12-7-6-8-14(13(12)2)21-16-15(18)17(20-11-19-16)22-9-4-3-5-10-22/h6-8,11H,3-5,9-10,18H2,1-2H3,(H,19,20,21). The first kappa shape index (κ1) is 14.6. The van der Waals surface area contributed by atoms with Gasteiger partial charge in [-0.3, -0.25) is 0 Å². The van der Waals surface area contributed by atoms with E-state index in [-0.39, 0.29) is 0 Å². The average molecular weight is 297 g/mol. The fourth-order valence-electron chi connectivity index (χ4n) is 2.86. The second kappa shape index (κ2) is 6.22. The number of hydrogen-bond acceptors (Lipinski definition) is 5. The molecule has 1 aromatic carbocycles. The zero-order valence-corrected chi connectivity index (χ0v) is 13.3. The Morgan fingerprint density at radius 2 is 1.86 bits per heavy atom. The molecule has 5 heteroatoms. The topological polar surface area (TPSA) is 67.1 Å². The number of nitrogen functional groups attached to an aromatic ring is 1. The smallest absolute Gasteiger partial charge is 0.159 e. The summed E-state index contributed by atoms with van der Waals surface area (Å²) in [5.74, 6) is 1.53. The third-order valence-corrected chi connectivity index (χ3v) is 4.38. The minimum absolute atomic E-state index is 0.630. The van der Waals surface area contributed by atoms with Crippen LogP contribution in [0.4, 0.5) is 23.0 Å². The van der Waals surface area contributed by atoms with Crippen LogP contribution >= 0.6 is 0 Å². The predicted molar refractivity (Wildman–Crippen MR) is 91.7 cm³/mol. The fourth-order valence-corrected chi connectivity index (χ4v) is 2.86. The summed E-state index contributed by atoms with van der Waals surface area (Å²) in [6, 6.07) is 6.18. The molecule has 1 fully saturated rings. The molecular weight excluding hydrogens is 274 g/mol. The number of rotatable bonds is 3. The highest BCUT2D eigenvalue weighted by atomic mass is 15.2. The minimum atomic E-state index is 0.630. The van der Waals surface area contributed by atoms with Crippen LogP contribution in [0.1, 0.15) is 30.4 Å². The largest absolute Gasteiger partial charge is 0.393 e. The molecule has 1 aliphatic heterocycles. The lowest BCUT2D eigenvalue weighted by molar-refractivity contribution is 0.574. The summed E-state index contributed by atoms with van der Waals surface area (Å²) >= 11 is 0. The molecule has 0 radical (unpaired) electrons. The summed E-state index contributed by atoms with van der Waals surface area (Å²) in [5, 5.41) is 3.36. The molecule has 0 saturated carbocycles. The Balaban J connectivity index is 1.89. The van der Waals surface area contributed by atoms with Gasteiger partial charge in [-0.25, -0.2) is 9.97 Å². The first-order chi connectivity index (χ1) is 10.7. The first-order valence-electron chi connectivity index (χ1n) is 7.85. The van der Waals surface area contributed by atoms with E-state index in [1.54, 1.807) is 6.33 Å². The van der Waals surface area contributed by atoms with Gasteiger partial charge in [-0.1, -0.05) is 12.1 Å². The number of anilines is 4. The van der Waals surface area contributed by atoms with Crippen LogP contribution in [-0.4, -0.2) is 23.1 Å². The summed E-state index contributed by atoms with van der Waals surface area (Å²) in [7, 11) is 0. The van der Waals surface area contributed by atoms with E-state index in [1.165, 1.54) is 30.4 Å². The zero-order chi connectivity index (χ0) is 15.5. The molecule has 0 aliphatic carbocycles. The van der Waals surface area contributed by atoms with Crippen molar-refractivity contribution in [1.82, 2.24) is 9.97 Å². The van der Waals surface area contributed by atoms with E-state index < -0.39 is 0 Å². The molecular formula is C17H23N5. The van der Waals surface area contributed by atoms with Crippen LogP contribution in [0, 0.1) is 13.8 Å². The molecule has 2 heterocycles. The molecule has 1 aromatic heterocycles. The highest BCUT2D eigenvalue weighted by Crippen LogP contribution is 2.31. The molecule has 3 rings (SSSR count). The van der Waals surface area contributed by atoms with Crippen molar-refractivity contribution in [3.05, 3.63) is 35.7 Å². The second-order valence-electron chi connectivity index (χ2n) is 5.88. The third kappa shape index (κ3) is 2.84. The third-order valence-electron chi connectivity index (χ3n) is 4.38. The number of aryl methyl sites for hydroxylation is 1. The number of piperidine rings is 1. The van der Waals surface area contributed by atoms with Crippen molar-refractivity contribution in [1.29, 1.82) is 0 Å². The van der Waals surface area contributed by atoms with Crippen LogP contribution in [0.25, 0.3) is 0 Å². The van der Waals surface area contributed by atoms with Crippen molar-refractivity contribution in [3.8, 4) is 0 Å². The van der Waals surface area contributed by atoms with Crippen molar-refractivity contribution >= 4 is 23.0 Å². The maximum atomic E-state index is 6.32. The highest BCUT2D eigenvalue weighted by Gasteiger charge is 2.17. The van der Waals surface area contributed by atoms with Gasteiger partial charge >= 0.3 is 0 Å². The summed E-state index contributed by atoms with van der Waals surface area (Å²) in [6.07, 6.45) is 5.27. The summed E-state index contributed by atoms with van der Waals surface area (Å²) in [4.78, 5) is 11.0. The predicted octanol–water partition coefficient (Wildman–Crippen LogP) is 3.41.